The van der Waals surface area contributed by atoms with E-state index in [1.807, 2.05) is 0 Å². The maximum atomic E-state index is 3.74. The summed E-state index contributed by atoms with van der Waals surface area (Å²) < 4.78 is 0. The molecule has 1 N–H and O–H groups in total. The van der Waals surface area contributed by atoms with E-state index in [1.165, 1.54) is 49.8 Å². The highest BCUT2D eigenvalue weighted by Gasteiger charge is 2.24. The number of hydrogen-bond acceptors (Lipinski definition) is 1. The number of benzene rings is 1. The van der Waals surface area contributed by atoms with Gasteiger partial charge in [-0.1, -0.05) is 46.2 Å². The van der Waals surface area contributed by atoms with Crippen molar-refractivity contribution in [2.24, 2.45) is 5.41 Å². The molecule has 1 aromatic carbocycles. The maximum absolute atomic E-state index is 3.74. The maximum Gasteiger partial charge on any atom is 0.0342 e. The quantitative estimate of drug-likeness (QED) is 0.666. The fourth-order valence-electron chi connectivity index (χ4n) is 3.18. The van der Waals surface area contributed by atoms with E-state index in [1.54, 1.807) is 0 Å². The van der Waals surface area contributed by atoms with Crippen LogP contribution in [0.1, 0.15) is 77.7 Å². The first kappa shape index (κ1) is 15.4. The van der Waals surface area contributed by atoms with Gasteiger partial charge in [-0.15, -0.1) is 0 Å². The molecule has 1 aliphatic carbocycles. The Kier molecular flexibility index (Phi) is 5.12. The van der Waals surface area contributed by atoms with Gasteiger partial charge >= 0.3 is 0 Å². The third kappa shape index (κ3) is 4.26. The van der Waals surface area contributed by atoms with E-state index in [0.29, 0.717) is 17.4 Å². The van der Waals surface area contributed by atoms with E-state index in [4.69, 9.17) is 0 Å². The predicted octanol–water partition coefficient (Wildman–Crippen LogP) is 5.97. The number of nitrogens with one attached hydrogen (secondary N) is 1. The van der Waals surface area contributed by atoms with Crippen LogP contribution in [0.3, 0.4) is 0 Å². The van der Waals surface area contributed by atoms with E-state index in [9.17, 15) is 0 Å². The zero-order valence-corrected chi connectivity index (χ0v) is 13.7. The van der Waals surface area contributed by atoms with Crippen LogP contribution in [0.15, 0.2) is 24.3 Å². The van der Waals surface area contributed by atoms with Gasteiger partial charge in [0.2, 0.25) is 0 Å². The second-order valence-electron chi connectivity index (χ2n) is 7.37. The van der Waals surface area contributed by atoms with Crippen LogP contribution in [-0.2, 0) is 0 Å². The summed E-state index contributed by atoms with van der Waals surface area (Å²) in [6, 6.07) is 9.76. The van der Waals surface area contributed by atoms with Crippen LogP contribution in [0, 0.1) is 5.41 Å². The molecule has 20 heavy (non-hydrogen) atoms. The van der Waals surface area contributed by atoms with E-state index in [0.717, 1.165) is 0 Å². The number of hydrogen-bond donors (Lipinski definition) is 1. The van der Waals surface area contributed by atoms with Gasteiger partial charge in [0, 0.05) is 11.7 Å². The van der Waals surface area contributed by atoms with Gasteiger partial charge in [-0.05, 0) is 61.1 Å². The van der Waals surface area contributed by atoms with Crippen molar-refractivity contribution >= 4 is 5.69 Å². The van der Waals surface area contributed by atoms with Crippen LogP contribution in [0.5, 0.6) is 0 Å². The first-order chi connectivity index (χ1) is 9.50. The third-order valence-electron chi connectivity index (χ3n) is 5.04. The van der Waals surface area contributed by atoms with Gasteiger partial charge < -0.3 is 5.32 Å². The Bertz CT molecular complexity index is 404. The normalized spacial score (nSPS) is 23.9. The van der Waals surface area contributed by atoms with Gasteiger partial charge in [0.15, 0.2) is 0 Å². The van der Waals surface area contributed by atoms with Crippen LogP contribution in [0.4, 0.5) is 5.69 Å². The molecular formula is C19H31N. The molecule has 1 aliphatic rings. The Labute approximate surface area is 125 Å². The SMILES string of the molecule is CCC(C)c1ccc(NC2CCCC(C)(C)CC2)cc1. The summed E-state index contributed by atoms with van der Waals surface area (Å²) in [5.74, 6) is 0.669. The van der Waals surface area contributed by atoms with Crippen molar-refractivity contribution in [3.63, 3.8) is 0 Å². The van der Waals surface area contributed by atoms with E-state index < -0.39 is 0 Å². The zero-order chi connectivity index (χ0) is 14.6. The molecule has 0 bridgehead atoms. The summed E-state index contributed by atoms with van der Waals surface area (Å²) in [6.45, 7) is 9.38. The van der Waals surface area contributed by atoms with Crippen molar-refractivity contribution in [2.75, 3.05) is 5.32 Å². The summed E-state index contributed by atoms with van der Waals surface area (Å²) in [6.07, 6.45) is 7.91. The minimum absolute atomic E-state index is 0.539. The number of anilines is 1. The topological polar surface area (TPSA) is 12.0 Å². The van der Waals surface area contributed by atoms with Gasteiger partial charge in [-0.3, -0.25) is 0 Å². The third-order valence-corrected chi connectivity index (χ3v) is 5.04. The van der Waals surface area contributed by atoms with Crippen LogP contribution in [0.2, 0.25) is 0 Å². The van der Waals surface area contributed by atoms with Crippen molar-refractivity contribution in [3.05, 3.63) is 29.8 Å². The highest BCUT2D eigenvalue weighted by molar-refractivity contribution is 5.46. The lowest BCUT2D eigenvalue weighted by atomic mass is 9.85. The molecule has 1 heteroatoms. The van der Waals surface area contributed by atoms with Gasteiger partial charge in [0.25, 0.3) is 0 Å². The predicted molar refractivity (Wildman–Crippen MR) is 89.4 cm³/mol. The van der Waals surface area contributed by atoms with Crippen molar-refractivity contribution in [1.82, 2.24) is 0 Å². The molecule has 2 unspecified atom stereocenters. The number of rotatable bonds is 4. The zero-order valence-electron chi connectivity index (χ0n) is 13.7. The van der Waals surface area contributed by atoms with Crippen molar-refractivity contribution in [3.8, 4) is 0 Å². The Morgan fingerprint density at radius 2 is 1.85 bits per heavy atom. The minimum Gasteiger partial charge on any atom is -0.382 e. The minimum atomic E-state index is 0.539. The van der Waals surface area contributed by atoms with Gasteiger partial charge in [0.1, 0.15) is 0 Å². The average molecular weight is 273 g/mol. The molecule has 1 aromatic rings. The molecule has 1 saturated carbocycles. The van der Waals surface area contributed by atoms with Crippen LogP contribution < -0.4 is 5.32 Å². The van der Waals surface area contributed by atoms with E-state index in [-0.39, 0.29) is 0 Å². The molecule has 112 valence electrons. The Hall–Kier alpha value is -0.980. The van der Waals surface area contributed by atoms with Crippen LogP contribution in [0.25, 0.3) is 0 Å². The molecule has 0 aromatic heterocycles. The fraction of sp³-hybridized carbons (Fsp3) is 0.684. The standard InChI is InChI=1S/C19H31N/c1-5-15(2)16-8-10-18(11-9-16)20-17-7-6-13-19(3,4)14-12-17/h8-11,15,17,20H,5-7,12-14H2,1-4H3. The first-order valence-corrected chi connectivity index (χ1v) is 8.37. The Morgan fingerprint density at radius 3 is 2.50 bits per heavy atom. The monoisotopic (exact) mass is 273 g/mol. The molecule has 0 heterocycles. The highest BCUT2D eigenvalue weighted by Crippen LogP contribution is 2.34. The summed E-state index contributed by atoms with van der Waals surface area (Å²) in [5.41, 5.74) is 3.29. The smallest absolute Gasteiger partial charge is 0.0342 e. The molecule has 2 rings (SSSR count). The van der Waals surface area contributed by atoms with Crippen molar-refractivity contribution in [1.29, 1.82) is 0 Å². The molecule has 1 fully saturated rings. The Morgan fingerprint density at radius 1 is 1.15 bits per heavy atom. The molecule has 0 aliphatic heterocycles. The first-order valence-electron chi connectivity index (χ1n) is 8.37. The largest absolute Gasteiger partial charge is 0.382 e. The molecular weight excluding hydrogens is 242 g/mol. The fourth-order valence-corrected chi connectivity index (χ4v) is 3.18. The molecule has 0 saturated heterocycles. The lowest BCUT2D eigenvalue weighted by molar-refractivity contribution is 0.313. The summed E-state index contributed by atoms with van der Waals surface area (Å²) in [4.78, 5) is 0. The molecule has 0 radical (unpaired) electrons. The molecule has 2 atom stereocenters. The Balaban J connectivity index is 1.93. The summed E-state index contributed by atoms with van der Waals surface area (Å²) >= 11 is 0. The van der Waals surface area contributed by atoms with E-state index >= 15 is 0 Å². The van der Waals surface area contributed by atoms with Crippen molar-refractivity contribution in [2.45, 2.75) is 78.2 Å². The lowest BCUT2D eigenvalue weighted by Gasteiger charge is -2.22. The second kappa shape index (κ2) is 6.65. The molecule has 0 spiro atoms. The molecule has 1 nitrogen and oxygen atoms in total. The van der Waals surface area contributed by atoms with Crippen LogP contribution >= 0.6 is 0 Å². The van der Waals surface area contributed by atoms with Gasteiger partial charge in [0.05, 0.1) is 0 Å². The van der Waals surface area contributed by atoms with E-state index in [2.05, 4.69) is 57.3 Å². The van der Waals surface area contributed by atoms with Crippen LogP contribution in [-0.4, -0.2) is 6.04 Å². The van der Waals surface area contributed by atoms with Gasteiger partial charge in [-0.2, -0.15) is 0 Å². The average Bonchev–Trinajstić information content (AvgIpc) is 2.60. The highest BCUT2D eigenvalue weighted by atomic mass is 14.9. The summed E-state index contributed by atoms with van der Waals surface area (Å²) in [7, 11) is 0. The van der Waals surface area contributed by atoms with Crippen molar-refractivity contribution < 1.29 is 0 Å². The second-order valence-corrected chi connectivity index (χ2v) is 7.37. The summed E-state index contributed by atoms with van der Waals surface area (Å²) in [5, 5.41) is 3.74. The molecule has 0 amide bonds. The lowest BCUT2D eigenvalue weighted by Crippen LogP contribution is -2.19. The van der Waals surface area contributed by atoms with Gasteiger partial charge in [-0.25, -0.2) is 0 Å².